The molecule has 0 saturated carbocycles. The number of nitrogens with one attached hydrogen (secondary N) is 1. The van der Waals surface area contributed by atoms with E-state index in [2.05, 4.69) is 5.32 Å². The summed E-state index contributed by atoms with van der Waals surface area (Å²) in [4.78, 5) is 0. The van der Waals surface area contributed by atoms with Crippen LogP contribution in [0.3, 0.4) is 0 Å². The van der Waals surface area contributed by atoms with Gasteiger partial charge < -0.3 is 10.4 Å². The van der Waals surface area contributed by atoms with Crippen LogP contribution in [0.15, 0.2) is 0 Å². The molecule has 5 heteroatoms. The fourth-order valence-electron chi connectivity index (χ4n) is 1.54. The van der Waals surface area contributed by atoms with Crippen LogP contribution in [-0.2, 0) is 9.84 Å². The normalized spacial score (nSPS) is 28.9. The SMILES string of the molecule is CC(O)CNCC1CCCS1(=O)=O. The predicted molar refractivity (Wildman–Crippen MR) is 51.4 cm³/mol. The second-order valence-corrected chi connectivity index (χ2v) is 6.04. The highest BCUT2D eigenvalue weighted by Gasteiger charge is 2.30. The average molecular weight is 207 g/mol. The molecular weight excluding hydrogens is 190 g/mol. The predicted octanol–water partition coefficient (Wildman–Crippen LogP) is -0.466. The van der Waals surface area contributed by atoms with E-state index in [-0.39, 0.29) is 5.25 Å². The number of hydrogen-bond acceptors (Lipinski definition) is 4. The third kappa shape index (κ3) is 3.25. The molecule has 2 N–H and O–H groups in total. The van der Waals surface area contributed by atoms with Gasteiger partial charge in [0.25, 0.3) is 0 Å². The molecule has 1 fully saturated rings. The van der Waals surface area contributed by atoms with Gasteiger partial charge in [-0.05, 0) is 19.8 Å². The van der Waals surface area contributed by atoms with Crippen molar-refractivity contribution in [3.63, 3.8) is 0 Å². The fourth-order valence-corrected chi connectivity index (χ4v) is 3.34. The van der Waals surface area contributed by atoms with E-state index in [1.54, 1.807) is 6.92 Å². The summed E-state index contributed by atoms with van der Waals surface area (Å²) in [6, 6.07) is 0. The first-order chi connectivity index (χ1) is 6.02. The zero-order valence-corrected chi connectivity index (χ0v) is 8.68. The van der Waals surface area contributed by atoms with Crippen molar-refractivity contribution in [1.82, 2.24) is 5.32 Å². The molecule has 0 aliphatic carbocycles. The smallest absolute Gasteiger partial charge is 0.154 e. The molecule has 4 nitrogen and oxygen atoms in total. The Bertz CT molecular complexity index is 248. The van der Waals surface area contributed by atoms with E-state index in [0.717, 1.165) is 12.8 Å². The minimum Gasteiger partial charge on any atom is -0.392 e. The Hall–Kier alpha value is -0.130. The highest BCUT2D eigenvalue weighted by Crippen LogP contribution is 2.18. The van der Waals surface area contributed by atoms with Crippen LogP contribution in [0.25, 0.3) is 0 Å². The van der Waals surface area contributed by atoms with Crippen molar-refractivity contribution in [2.45, 2.75) is 31.1 Å². The van der Waals surface area contributed by atoms with Crippen LogP contribution in [0.5, 0.6) is 0 Å². The molecule has 1 rings (SSSR count). The molecule has 0 bridgehead atoms. The molecule has 1 saturated heterocycles. The fraction of sp³-hybridized carbons (Fsp3) is 1.00. The molecule has 0 amide bonds. The molecular formula is C8H17NO3S. The van der Waals surface area contributed by atoms with Gasteiger partial charge in [-0.1, -0.05) is 0 Å². The zero-order valence-electron chi connectivity index (χ0n) is 7.86. The first-order valence-electron chi connectivity index (χ1n) is 4.63. The summed E-state index contributed by atoms with van der Waals surface area (Å²) in [7, 11) is -2.83. The lowest BCUT2D eigenvalue weighted by molar-refractivity contribution is 0.191. The first-order valence-corrected chi connectivity index (χ1v) is 6.34. The van der Waals surface area contributed by atoms with Crippen molar-refractivity contribution < 1.29 is 13.5 Å². The molecule has 2 unspecified atom stereocenters. The molecule has 78 valence electrons. The maximum Gasteiger partial charge on any atom is 0.154 e. The van der Waals surface area contributed by atoms with Gasteiger partial charge in [-0.3, -0.25) is 0 Å². The summed E-state index contributed by atoms with van der Waals surface area (Å²) >= 11 is 0. The Morgan fingerprint density at radius 1 is 1.62 bits per heavy atom. The number of aliphatic hydroxyl groups is 1. The number of aliphatic hydroxyl groups excluding tert-OH is 1. The summed E-state index contributed by atoms with van der Waals surface area (Å²) < 4.78 is 22.7. The van der Waals surface area contributed by atoms with Crippen LogP contribution in [0.4, 0.5) is 0 Å². The van der Waals surface area contributed by atoms with Crippen molar-refractivity contribution in [2.24, 2.45) is 0 Å². The van der Waals surface area contributed by atoms with Crippen molar-refractivity contribution in [3.05, 3.63) is 0 Å². The lowest BCUT2D eigenvalue weighted by Crippen LogP contribution is -2.34. The molecule has 0 aromatic heterocycles. The molecule has 0 radical (unpaired) electrons. The quantitative estimate of drug-likeness (QED) is 0.654. The standard InChI is InChI=1S/C8H17NO3S/c1-7(10)5-9-6-8-3-2-4-13(8,11)12/h7-10H,2-6H2,1H3. The lowest BCUT2D eigenvalue weighted by atomic mass is 10.2. The maximum absolute atomic E-state index is 11.3. The molecule has 1 heterocycles. The van der Waals surface area contributed by atoms with Crippen LogP contribution in [-0.4, -0.2) is 43.7 Å². The third-order valence-corrected chi connectivity index (χ3v) is 4.55. The van der Waals surface area contributed by atoms with E-state index in [1.165, 1.54) is 0 Å². The van der Waals surface area contributed by atoms with Gasteiger partial charge in [0.1, 0.15) is 0 Å². The van der Waals surface area contributed by atoms with Gasteiger partial charge in [-0.25, -0.2) is 8.42 Å². The van der Waals surface area contributed by atoms with Crippen molar-refractivity contribution in [2.75, 3.05) is 18.8 Å². The zero-order chi connectivity index (χ0) is 9.90. The topological polar surface area (TPSA) is 66.4 Å². The molecule has 1 aliphatic rings. The van der Waals surface area contributed by atoms with Crippen LogP contribution >= 0.6 is 0 Å². The summed E-state index contributed by atoms with van der Waals surface area (Å²) in [6.07, 6.45) is 1.13. The summed E-state index contributed by atoms with van der Waals surface area (Å²) in [5.74, 6) is 0.327. The monoisotopic (exact) mass is 207 g/mol. The van der Waals surface area contributed by atoms with E-state index in [4.69, 9.17) is 5.11 Å². The Morgan fingerprint density at radius 2 is 2.31 bits per heavy atom. The average Bonchev–Trinajstić information content (AvgIpc) is 2.30. The largest absolute Gasteiger partial charge is 0.392 e. The highest BCUT2D eigenvalue weighted by molar-refractivity contribution is 7.92. The summed E-state index contributed by atoms with van der Waals surface area (Å²) in [5.41, 5.74) is 0. The first kappa shape index (κ1) is 10.9. The van der Waals surface area contributed by atoms with Gasteiger partial charge in [0, 0.05) is 13.1 Å². The molecule has 0 aromatic rings. The van der Waals surface area contributed by atoms with E-state index < -0.39 is 15.9 Å². The van der Waals surface area contributed by atoms with Gasteiger partial charge in [0.2, 0.25) is 0 Å². The van der Waals surface area contributed by atoms with Crippen molar-refractivity contribution in [3.8, 4) is 0 Å². The minimum atomic E-state index is -2.83. The van der Waals surface area contributed by atoms with E-state index in [0.29, 0.717) is 18.8 Å². The number of rotatable bonds is 4. The van der Waals surface area contributed by atoms with Crippen LogP contribution in [0.1, 0.15) is 19.8 Å². The molecule has 13 heavy (non-hydrogen) atoms. The van der Waals surface area contributed by atoms with Crippen LogP contribution in [0, 0.1) is 0 Å². The van der Waals surface area contributed by atoms with Crippen LogP contribution < -0.4 is 5.32 Å². The number of sulfone groups is 1. The molecule has 1 aliphatic heterocycles. The Balaban J connectivity index is 2.29. The third-order valence-electron chi connectivity index (χ3n) is 2.27. The minimum absolute atomic E-state index is 0.230. The van der Waals surface area contributed by atoms with E-state index in [1.807, 2.05) is 0 Å². The molecule has 0 aromatic carbocycles. The Morgan fingerprint density at radius 3 is 2.77 bits per heavy atom. The van der Waals surface area contributed by atoms with Crippen molar-refractivity contribution in [1.29, 1.82) is 0 Å². The summed E-state index contributed by atoms with van der Waals surface area (Å²) in [6.45, 7) is 2.62. The van der Waals surface area contributed by atoms with E-state index >= 15 is 0 Å². The maximum atomic E-state index is 11.3. The van der Waals surface area contributed by atoms with Gasteiger partial charge in [0.05, 0.1) is 17.1 Å². The van der Waals surface area contributed by atoms with Crippen LogP contribution in [0.2, 0.25) is 0 Å². The summed E-state index contributed by atoms with van der Waals surface area (Å²) in [5, 5.41) is 11.7. The highest BCUT2D eigenvalue weighted by atomic mass is 32.2. The lowest BCUT2D eigenvalue weighted by Gasteiger charge is -2.11. The van der Waals surface area contributed by atoms with Gasteiger partial charge in [0.15, 0.2) is 9.84 Å². The Labute approximate surface area is 79.3 Å². The Kier molecular flexibility index (Phi) is 3.70. The second-order valence-electron chi connectivity index (χ2n) is 3.64. The molecule has 0 spiro atoms. The van der Waals surface area contributed by atoms with Gasteiger partial charge in [-0.15, -0.1) is 0 Å². The van der Waals surface area contributed by atoms with Gasteiger partial charge >= 0.3 is 0 Å². The van der Waals surface area contributed by atoms with Gasteiger partial charge in [-0.2, -0.15) is 0 Å². The van der Waals surface area contributed by atoms with E-state index in [9.17, 15) is 8.42 Å². The second kappa shape index (κ2) is 4.39. The number of hydrogen-bond donors (Lipinski definition) is 2. The van der Waals surface area contributed by atoms with Crippen molar-refractivity contribution >= 4 is 9.84 Å². The molecule has 2 atom stereocenters.